The van der Waals surface area contributed by atoms with Crippen molar-refractivity contribution < 1.29 is 4.79 Å². The Balaban J connectivity index is 1.59. The first-order valence-electron chi connectivity index (χ1n) is 6.72. The molecule has 1 aromatic rings. The summed E-state index contributed by atoms with van der Waals surface area (Å²) < 4.78 is 0. The molecule has 0 spiro atoms. The number of likely N-dealkylation sites (tertiary alicyclic amines) is 2. The molecule has 18 heavy (non-hydrogen) atoms. The number of rotatable bonds is 2. The molecular formula is C15H20N2O. The van der Waals surface area contributed by atoms with E-state index in [0.29, 0.717) is 24.2 Å². The number of hydrogen-bond acceptors (Lipinski definition) is 2. The molecule has 0 unspecified atom stereocenters. The van der Waals surface area contributed by atoms with E-state index in [1.54, 1.807) is 0 Å². The third-order valence-corrected chi connectivity index (χ3v) is 4.22. The molecule has 2 aliphatic rings. The van der Waals surface area contributed by atoms with Crippen molar-refractivity contribution in [2.45, 2.75) is 6.42 Å². The summed E-state index contributed by atoms with van der Waals surface area (Å²) in [5.41, 5.74) is 1.12. The summed E-state index contributed by atoms with van der Waals surface area (Å²) >= 11 is 0. The van der Waals surface area contributed by atoms with E-state index in [9.17, 15) is 4.79 Å². The first kappa shape index (κ1) is 11.7. The fraction of sp³-hybridized carbons (Fsp3) is 0.533. The predicted molar refractivity (Wildman–Crippen MR) is 71.2 cm³/mol. The van der Waals surface area contributed by atoms with Gasteiger partial charge in [-0.05, 0) is 24.4 Å². The highest BCUT2D eigenvalue weighted by molar-refractivity contribution is 5.79. The monoisotopic (exact) mass is 244 g/mol. The number of carbonyl (C=O) groups excluding carboxylic acids is 1. The molecule has 1 aromatic carbocycles. The maximum absolute atomic E-state index is 12.2. The summed E-state index contributed by atoms with van der Waals surface area (Å²) in [5, 5.41) is 0. The van der Waals surface area contributed by atoms with Gasteiger partial charge in [0.25, 0.3) is 0 Å². The van der Waals surface area contributed by atoms with Crippen LogP contribution in [0.25, 0.3) is 0 Å². The molecule has 0 aliphatic carbocycles. The molecule has 3 nitrogen and oxygen atoms in total. The van der Waals surface area contributed by atoms with Crippen LogP contribution in [0.3, 0.4) is 0 Å². The Morgan fingerprint density at radius 2 is 1.72 bits per heavy atom. The lowest BCUT2D eigenvalue weighted by Crippen LogP contribution is -2.33. The summed E-state index contributed by atoms with van der Waals surface area (Å²) in [6.45, 7) is 4.22. The van der Waals surface area contributed by atoms with Gasteiger partial charge in [-0.2, -0.15) is 0 Å². The molecule has 0 bridgehead atoms. The summed E-state index contributed by atoms with van der Waals surface area (Å²) in [6.07, 6.45) is 0.552. The molecule has 2 fully saturated rings. The zero-order valence-electron chi connectivity index (χ0n) is 10.9. The summed E-state index contributed by atoms with van der Waals surface area (Å²) in [4.78, 5) is 16.7. The minimum Gasteiger partial charge on any atom is -0.342 e. The van der Waals surface area contributed by atoms with E-state index in [0.717, 1.165) is 31.7 Å². The fourth-order valence-corrected chi connectivity index (χ4v) is 3.31. The minimum absolute atomic E-state index is 0.290. The third-order valence-electron chi connectivity index (χ3n) is 4.22. The van der Waals surface area contributed by atoms with Gasteiger partial charge in [-0.3, -0.25) is 4.79 Å². The van der Waals surface area contributed by atoms with E-state index in [-0.39, 0.29) is 0 Å². The number of amides is 1. The van der Waals surface area contributed by atoms with Gasteiger partial charge >= 0.3 is 0 Å². The van der Waals surface area contributed by atoms with Crippen LogP contribution in [-0.2, 0) is 11.2 Å². The highest BCUT2D eigenvalue weighted by Gasteiger charge is 2.40. The molecule has 1 amide bonds. The van der Waals surface area contributed by atoms with Crippen LogP contribution >= 0.6 is 0 Å². The normalized spacial score (nSPS) is 27.5. The van der Waals surface area contributed by atoms with Crippen molar-refractivity contribution in [3.8, 4) is 0 Å². The number of hydrogen-bond donors (Lipinski definition) is 0. The highest BCUT2D eigenvalue weighted by atomic mass is 16.2. The van der Waals surface area contributed by atoms with Crippen LogP contribution in [0.15, 0.2) is 30.3 Å². The Morgan fingerprint density at radius 1 is 1.11 bits per heavy atom. The van der Waals surface area contributed by atoms with Gasteiger partial charge in [0.05, 0.1) is 6.42 Å². The van der Waals surface area contributed by atoms with Crippen molar-refractivity contribution in [2.75, 3.05) is 33.2 Å². The van der Waals surface area contributed by atoms with Gasteiger partial charge in [-0.1, -0.05) is 30.3 Å². The van der Waals surface area contributed by atoms with E-state index in [2.05, 4.69) is 16.8 Å². The topological polar surface area (TPSA) is 23.6 Å². The second kappa shape index (κ2) is 4.73. The van der Waals surface area contributed by atoms with Crippen molar-refractivity contribution >= 4 is 5.91 Å². The van der Waals surface area contributed by atoms with Crippen LogP contribution in [0, 0.1) is 11.8 Å². The molecule has 0 N–H and O–H groups in total. The van der Waals surface area contributed by atoms with Crippen LogP contribution in [-0.4, -0.2) is 48.9 Å². The van der Waals surface area contributed by atoms with Crippen molar-refractivity contribution in [3.63, 3.8) is 0 Å². The maximum Gasteiger partial charge on any atom is 0.227 e. The summed E-state index contributed by atoms with van der Waals surface area (Å²) in [6, 6.07) is 10.0. The van der Waals surface area contributed by atoms with Gasteiger partial charge in [-0.15, -0.1) is 0 Å². The van der Waals surface area contributed by atoms with Crippen molar-refractivity contribution in [3.05, 3.63) is 35.9 Å². The number of carbonyl (C=O) groups is 1. The Morgan fingerprint density at radius 3 is 2.33 bits per heavy atom. The SMILES string of the molecule is CN1C[C@@H]2CN(C(=O)Cc3ccccc3)C[C@@H]2C1. The van der Waals surface area contributed by atoms with Gasteiger partial charge < -0.3 is 9.80 Å². The van der Waals surface area contributed by atoms with Crippen LogP contribution in [0.5, 0.6) is 0 Å². The predicted octanol–water partition coefficient (Wildman–Crippen LogP) is 1.25. The van der Waals surface area contributed by atoms with Crippen LogP contribution in [0.4, 0.5) is 0 Å². The second-order valence-corrected chi connectivity index (χ2v) is 5.70. The molecule has 0 saturated carbocycles. The van der Waals surface area contributed by atoms with Gasteiger partial charge in [0, 0.05) is 26.2 Å². The molecule has 96 valence electrons. The van der Waals surface area contributed by atoms with Gasteiger partial charge in [0.15, 0.2) is 0 Å². The molecule has 3 heteroatoms. The number of benzene rings is 1. The smallest absolute Gasteiger partial charge is 0.227 e. The first-order valence-corrected chi connectivity index (χ1v) is 6.72. The first-order chi connectivity index (χ1) is 8.72. The lowest BCUT2D eigenvalue weighted by Gasteiger charge is -2.19. The number of fused-ring (bicyclic) bond motifs is 1. The van der Waals surface area contributed by atoms with E-state index < -0.39 is 0 Å². The van der Waals surface area contributed by atoms with E-state index in [1.807, 2.05) is 30.3 Å². The molecule has 0 radical (unpaired) electrons. The molecule has 2 aliphatic heterocycles. The minimum atomic E-state index is 0.290. The highest BCUT2D eigenvalue weighted by Crippen LogP contribution is 2.30. The Hall–Kier alpha value is -1.35. The van der Waals surface area contributed by atoms with Gasteiger partial charge in [-0.25, -0.2) is 0 Å². The molecular weight excluding hydrogens is 224 g/mol. The molecule has 2 saturated heterocycles. The zero-order valence-corrected chi connectivity index (χ0v) is 10.9. The van der Waals surface area contributed by atoms with Crippen molar-refractivity contribution in [1.82, 2.24) is 9.80 Å². The Labute approximate surface area is 108 Å². The van der Waals surface area contributed by atoms with Gasteiger partial charge in [0.1, 0.15) is 0 Å². The van der Waals surface area contributed by atoms with E-state index >= 15 is 0 Å². The number of nitrogens with zero attached hydrogens (tertiary/aromatic N) is 2. The van der Waals surface area contributed by atoms with Gasteiger partial charge in [0.2, 0.25) is 5.91 Å². The lowest BCUT2D eigenvalue weighted by molar-refractivity contribution is -0.129. The van der Waals surface area contributed by atoms with Crippen LogP contribution in [0.2, 0.25) is 0 Å². The molecule has 2 atom stereocenters. The van der Waals surface area contributed by atoms with E-state index in [4.69, 9.17) is 0 Å². The standard InChI is InChI=1S/C15H20N2O/c1-16-8-13-10-17(11-14(13)9-16)15(18)7-12-5-3-2-4-6-12/h2-6,13-14H,7-11H2,1H3/t13-,14+. The molecule has 0 aromatic heterocycles. The maximum atomic E-state index is 12.2. The third kappa shape index (κ3) is 2.27. The van der Waals surface area contributed by atoms with Crippen molar-refractivity contribution in [1.29, 1.82) is 0 Å². The summed E-state index contributed by atoms with van der Waals surface area (Å²) in [7, 11) is 2.18. The van der Waals surface area contributed by atoms with E-state index in [1.165, 1.54) is 0 Å². The molecule has 2 heterocycles. The lowest BCUT2D eigenvalue weighted by atomic mass is 10.0. The van der Waals surface area contributed by atoms with Crippen LogP contribution in [0.1, 0.15) is 5.56 Å². The Kier molecular flexibility index (Phi) is 3.08. The Bertz CT molecular complexity index is 417. The zero-order chi connectivity index (χ0) is 12.5. The average Bonchev–Trinajstić information content (AvgIpc) is 2.87. The summed E-state index contributed by atoms with van der Waals surface area (Å²) in [5.74, 6) is 1.70. The largest absolute Gasteiger partial charge is 0.342 e. The average molecular weight is 244 g/mol. The van der Waals surface area contributed by atoms with Crippen molar-refractivity contribution in [2.24, 2.45) is 11.8 Å². The van der Waals surface area contributed by atoms with Crippen LogP contribution < -0.4 is 0 Å². The quantitative estimate of drug-likeness (QED) is 0.781. The second-order valence-electron chi connectivity index (χ2n) is 5.70. The molecule has 3 rings (SSSR count). The fourth-order valence-electron chi connectivity index (χ4n) is 3.31.